The van der Waals surface area contributed by atoms with E-state index in [1.54, 1.807) is 24.5 Å². The molecule has 1 saturated carbocycles. The number of pyridine rings is 1. The Morgan fingerprint density at radius 2 is 2.05 bits per heavy atom. The molecule has 1 atom stereocenters. The van der Waals surface area contributed by atoms with Crippen LogP contribution in [0.3, 0.4) is 0 Å². The largest absolute Gasteiger partial charge is 0.494 e. The number of hydrogen-bond donors (Lipinski definition) is 2. The first kappa shape index (κ1) is 25.6. The van der Waals surface area contributed by atoms with Gasteiger partial charge in [0.2, 0.25) is 5.43 Å². The fourth-order valence-electron chi connectivity index (χ4n) is 5.00. The van der Waals surface area contributed by atoms with Gasteiger partial charge < -0.3 is 24.5 Å². The lowest BCUT2D eigenvalue weighted by molar-refractivity contribution is 0.0694. The molecule has 10 heteroatoms. The average Bonchev–Trinajstić information content (AvgIpc) is 3.63. The third kappa shape index (κ3) is 5.07. The number of benzene rings is 1. The van der Waals surface area contributed by atoms with Crippen LogP contribution in [0.5, 0.6) is 5.75 Å². The SMILES string of the molecule is COc1c(-c2cc3c(s2)CCCC3NC(=O)OCCCCCl)ccc2c(=O)c(C(=O)O)cn(C3CC3)c12. The maximum absolute atomic E-state index is 13.0. The fraction of sp³-hybridized carbons (Fsp3) is 0.444. The molecule has 2 aliphatic carbocycles. The van der Waals surface area contributed by atoms with Crippen LogP contribution >= 0.6 is 22.9 Å². The molecule has 37 heavy (non-hydrogen) atoms. The molecule has 3 aromatic rings. The minimum absolute atomic E-state index is 0.136. The van der Waals surface area contributed by atoms with Crippen LogP contribution in [0.15, 0.2) is 29.2 Å². The number of hydrogen-bond acceptors (Lipinski definition) is 6. The van der Waals surface area contributed by atoms with Gasteiger partial charge in [-0.3, -0.25) is 4.79 Å². The second-order valence-corrected chi connectivity index (χ2v) is 11.0. The van der Waals surface area contributed by atoms with Crippen LogP contribution in [-0.2, 0) is 11.2 Å². The number of unbranched alkanes of at least 4 members (excludes halogenated alkanes) is 1. The Balaban J connectivity index is 1.51. The van der Waals surface area contributed by atoms with Crippen LogP contribution < -0.4 is 15.5 Å². The molecular weight excluding hydrogens is 516 g/mol. The predicted molar refractivity (Wildman–Crippen MR) is 143 cm³/mol. The first-order valence-corrected chi connectivity index (χ1v) is 13.9. The van der Waals surface area contributed by atoms with Crippen molar-refractivity contribution in [2.45, 2.75) is 57.0 Å². The number of carboxylic acids is 1. The quantitative estimate of drug-likeness (QED) is 0.257. The van der Waals surface area contributed by atoms with Crippen molar-refractivity contribution in [3.8, 4) is 16.2 Å². The summed E-state index contributed by atoms with van der Waals surface area (Å²) in [7, 11) is 1.57. The number of carboxylic acid groups (broad SMARTS) is 1. The van der Waals surface area contributed by atoms with Crippen LogP contribution in [0.2, 0.25) is 0 Å². The second-order valence-electron chi connectivity index (χ2n) is 9.47. The number of fused-ring (bicyclic) bond motifs is 2. The smallest absolute Gasteiger partial charge is 0.407 e. The molecule has 1 amide bonds. The number of carbonyl (C=O) groups excluding carboxylic acids is 1. The number of alkyl halides is 1. The van der Waals surface area contributed by atoms with Gasteiger partial charge in [0, 0.05) is 33.4 Å². The van der Waals surface area contributed by atoms with E-state index in [0.717, 1.165) is 60.9 Å². The van der Waals surface area contributed by atoms with Gasteiger partial charge in [-0.05, 0) is 68.7 Å². The molecule has 0 bridgehead atoms. The Bertz CT molecular complexity index is 1410. The topological polar surface area (TPSA) is 107 Å². The molecule has 2 aliphatic rings. The van der Waals surface area contributed by atoms with Crippen LogP contribution in [0.25, 0.3) is 21.3 Å². The van der Waals surface area contributed by atoms with Gasteiger partial charge in [0.15, 0.2) is 5.75 Å². The number of ether oxygens (including phenoxy) is 2. The first-order chi connectivity index (χ1) is 17.9. The molecule has 2 aromatic heterocycles. The summed E-state index contributed by atoms with van der Waals surface area (Å²) in [6.45, 7) is 0.341. The van der Waals surface area contributed by atoms with Crippen molar-refractivity contribution < 1.29 is 24.2 Å². The third-order valence-corrected chi connectivity index (χ3v) is 8.47. The zero-order valence-corrected chi connectivity index (χ0v) is 22.1. The molecule has 5 rings (SSSR count). The number of carbonyl (C=O) groups is 2. The van der Waals surface area contributed by atoms with Gasteiger partial charge in [-0.15, -0.1) is 22.9 Å². The lowest BCUT2D eigenvalue weighted by Gasteiger charge is -2.23. The molecule has 0 saturated heterocycles. The molecule has 1 fully saturated rings. The highest BCUT2D eigenvalue weighted by atomic mass is 35.5. The van der Waals surface area contributed by atoms with Crippen molar-refractivity contribution >= 4 is 45.9 Å². The molecule has 1 aromatic carbocycles. The number of nitrogens with zero attached hydrogens (tertiary/aromatic N) is 1. The van der Waals surface area contributed by atoms with Gasteiger partial charge in [0.05, 0.1) is 30.7 Å². The minimum atomic E-state index is -1.23. The van der Waals surface area contributed by atoms with Crippen LogP contribution in [0.1, 0.15) is 71.4 Å². The summed E-state index contributed by atoms with van der Waals surface area (Å²) in [5.41, 5.74) is 1.80. The van der Waals surface area contributed by atoms with E-state index in [9.17, 15) is 19.5 Å². The van der Waals surface area contributed by atoms with Crippen LogP contribution in [-0.4, -0.2) is 41.3 Å². The van der Waals surface area contributed by atoms with Crippen LogP contribution in [0, 0.1) is 0 Å². The Morgan fingerprint density at radius 1 is 1.24 bits per heavy atom. The van der Waals surface area contributed by atoms with Crippen molar-refractivity contribution in [1.29, 1.82) is 0 Å². The van der Waals surface area contributed by atoms with Gasteiger partial charge in [0.1, 0.15) is 5.56 Å². The maximum atomic E-state index is 13.0. The second kappa shape index (κ2) is 10.8. The molecule has 2 N–H and O–H groups in total. The Labute approximate surface area is 223 Å². The molecule has 2 heterocycles. The van der Waals surface area contributed by atoms with Gasteiger partial charge in [0.25, 0.3) is 0 Å². The van der Waals surface area contributed by atoms with E-state index in [1.807, 2.05) is 10.6 Å². The van der Waals surface area contributed by atoms with Gasteiger partial charge in [-0.2, -0.15) is 0 Å². The number of aromatic nitrogens is 1. The number of amides is 1. The lowest BCUT2D eigenvalue weighted by atomic mass is 9.93. The monoisotopic (exact) mass is 544 g/mol. The molecular formula is C27H29ClN2O6S. The number of nitrogens with one attached hydrogen (secondary N) is 1. The molecule has 196 valence electrons. The Morgan fingerprint density at radius 3 is 2.76 bits per heavy atom. The highest BCUT2D eigenvalue weighted by Gasteiger charge is 2.30. The molecule has 8 nitrogen and oxygen atoms in total. The number of methoxy groups -OCH3 is 1. The molecule has 0 spiro atoms. The summed E-state index contributed by atoms with van der Waals surface area (Å²) in [5, 5.41) is 12.9. The van der Waals surface area contributed by atoms with E-state index in [1.165, 1.54) is 11.1 Å². The highest BCUT2D eigenvalue weighted by Crippen LogP contribution is 2.46. The first-order valence-electron chi connectivity index (χ1n) is 12.5. The molecule has 0 radical (unpaired) electrons. The highest BCUT2D eigenvalue weighted by molar-refractivity contribution is 7.15. The number of rotatable bonds is 9. The molecule has 1 unspecified atom stereocenters. The summed E-state index contributed by atoms with van der Waals surface area (Å²) < 4.78 is 13.1. The Kier molecular flexibility index (Phi) is 7.44. The zero-order chi connectivity index (χ0) is 26.1. The van der Waals surface area contributed by atoms with Crippen molar-refractivity contribution in [2.24, 2.45) is 0 Å². The summed E-state index contributed by atoms with van der Waals surface area (Å²) >= 11 is 7.34. The normalized spacial score (nSPS) is 16.9. The number of aromatic carboxylic acids is 1. The van der Waals surface area contributed by atoms with Crippen molar-refractivity contribution in [3.05, 3.63) is 50.6 Å². The third-order valence-electron chi connectivity index (χ3n) is 6.95. The van der Waals surface area contributed by atoms with Gasteiger partial charge in [-0.25, -0.2) is 9.59 Å². The summed E-state index contributed by atoms with van der Waals surface area (Å²) in [6, 6.07) is 5.63. The summed E-state index contributed by atoms with van der Waals surface area (Å²) in [5.74, 6) is -0.128. The fourth-order valence-corrected chi connectivity index (χ4v) is 6.47. The van der Waals surface area contributed by atoms with E-state index >= 15 is 0 Å². The lowest BCUT2D eigenvalue weighted by Crippen LogP contribution is -2.31. The van der Waals surface area contributed by atoms with E-state index < -0.39 is 17.5 Å². The number of alkyl carbamates (subject to hydrolysis) is 1. The average molecular weight is 545 g/mol. The number of aryl methyl sites for hydroxylation is 1. The van der Waals surface area contributed by atoms with Crippen molar-refractivity contribution in [2.75, 3.05) is 19.6 Å². The number of thiophene rings is 1. The van der Waals surface area contributed by atoms with Gasteiger partial charge >= 0.3 is 12.1 Å². The minimum Gasteiger partial charge on any atom is -0.494 e. The van der Waals surface area contributed by atoms with E-state index in [0.29, 0.717) is 29.1 Å². The predicted octanol–water partition coefficient (Wildman–Crippen LogP) is 5.89. The van der Waals surface area contributed by atoms with Crippen molar-refractivity contribution in [3.63, 3.8) is 0 Å². The Hall–Kier alpha value is -3.04. The summed E-state index contributed by atoms with van der Waals surface area (Å²) in [4.78, 5) is 39.3. The number of halogens is 1. The van der Waals surface area contributed by atoms with Crippen molar-refractivity contribution in [1.82, 2.24) is 9.88 Å². The van der Waals surface area contributed by atoms with Crippen LogP contribution in [0.4, 0.5) is 4.79 Å². The van der Waals surface area contributed by atoms with Gasteiger partial charge in [-0.1, -0.05) is 0 Å². The van der Waals surface area contributed by atoms with E-state index in [-0.39, 0.29) is 17.6 Å². The standard InChI is InChI=1S/C27H29ClN2O6S/c1-35-25-16(9-10-17-23(25)30(15-7-8-15)14-19(24(17)31)26(32)33)22-13-18-20(5-4-6-21(18)37-22)29-27(34)36-12-3-2-11-28/h9-10,13-15,20H,2-8,11-12H2,1H3,(H,29,34)(H,32,33). The summed E-state index contributed by atoms with van der Waals surface area (Å²) in [6.07, 6.45) is 7.12. The molecule has 0 aliphatic heterocycles. The zero-order valence-electron chi connectivity index (χ0n) is 20.5. The van der Waals surface area contributed by atoms with E-state index in [4.69, 9.17) is 21.1 Å². The maximum Gasteiger partial charge on any atom is 0.407 e. The van der Waals surface area contributed by atoms with E-state index in [2.05, 4.69) is 11.4 Å².